The molecular formula is C25H25N3O9. The molecule has 3 unspecified atom stereocenters. The summed E-state index contributed by atoms with van der Waals surface area (Å²) in [5.41, 5.74) is -0.490. The third-order valence-corrected chi connectivity index (χ3v) is 6.75. The van der Waals surface area contributed by atoms with Crippen molar-refractivity contribution in [2.45, 2.75) is 57.2 Å². The van der Waals surface area contributed by atoms with Gasteiger partial charge in [-0.3, -0.25) is 4.79 Å². The number of esters is 3. The van der Waals surface area contributed by atoms with Gasteiger partial charge in [0, 0.05) is 12.2 Å². The number of benzene rings is 1. The van der Waals surface area contributed by atoms with Gasteiger partial charge in [0.25, 0.3) is 0 Å². The minimum atomic E-state index is -2.65. The van der Waals surface area contributed by atoms with Crippen LogP contribution in [0.1, 0.15) is 58.8 Å². The first kappa shape index (κ1) is 24.8. The number of anilines is 1. The van der Waals surface area contributed by atoms with E-state index in [2.05, 4.69) is 29.0 Å². The van der Waals surface area contributed by atoms with Crippen LogP contribution in [-0.4, -0.2) is 63.8 Å². The summed E-state index contributed by atoms with van der Waals surface area (Å²) in [6, 6.07) is 7.55. The largest absolute Gasteiger partial charge is 0.389 e. The van der Waals surface area contributed by atoms with Crippen LogP contribution in [-0.2, 0) is 28.7 Å². The summed E-state index contributed by atoms with van der Waals surface area (Å²) in [5, 5.41) is 12.0. The Hall–Kier alpha value is -3.90. The maximum atomic E-state index is 12.9. The van der Waals surface area contributed by atoms with Gasteiger partial charge in [-0.1, -0.05) is 24.3 Å². The molecule has 37 heavy (non-hydrogen) atoms. The monoisotopic (exact) mass is 511 g/mol. The van der Waals surface area contributed by atoms with Crippen LogP contribution in [0.2, 0.25) is 0 Å². The van der Waals surface area contributed by atoms with Gasteiger partial charge in [0.15, 0.2) is 17.1 Å². The number of hydrogen-bond acceptors (Lipinski definition) is 12. The maximum Gasteiger partial charge on any atom is 0.365 e. The number of carbonyl (C=O) groups is 4. The van der Waals surface area contributed by atoms with Crippen LogP contribution >= 0.6 is 0 Å². The second kappa shape index (κ2) is 9.52. The maximum absolute atomic E-state index is 12.9. The smallest absolute Gasteiger partial charge is 0.365 e. The molecule has 3 aliphatic rings. The molecule has 1 aromatic heterocycles. The molecule has 3 aliphatic heterocycles. The fourth-order valence-electron chi connectivity index (χ4n) is 4.86. The lowest BCUT2D eigenvalue weighted by Gasteiger charge is -2.35. The Morgan fingerprint density at radius 2 is 1.81 bits per heavy atom. The second-order valence-electron chi connectivity index (χ2n) is 9.43. The molecule has 2 aromatic rings. The van der Waals surface area contributed by atoms with Crippen LogP contribution in [0.4, 0.5) is 5.82 Å². The Labute approximate surface area is 211 Å². The molecule has 1 saturated heterocycles. The van der Waals surface area contributed by atoms with E-state index in [-0.39, 0.29) is 29.5 Å². The summed E-state index contributed by atoms with van der Waals surface area (Å²) in [7, 11) is 0. The van der Waals surface area contributed by atoms with Gasteiger partial charge in [0.1, 0.15) is 0 Å². The van der Waals surface area contributed by atoms with E-state index < -0.39 is 54.4 Å². The number of aliphatic hydroxyl groups is 1. The average Bonchev–Trinajstić information content (AvgIpc) is 2.83. The van der Waals surface area contributed by atoms with Crippen LogP contribution < -0.4 is 9.80 Å². The molecule has 194 valence electrons. The zero-order valence-electron chi connectivity index (χ0n) is 20.3. The van der Waals surface area contributed by atoms with Crippen LogP contribution in [0.5, 0.6) is 6.01 Å². The molecule has 12 nitrogen and oxygen atoms in total. The molecule has 4 bridgehead atoms. The lowest BCUT2D eigenvalue weighted by Crippen LogP contribution is -2.49. The van der Waals surface area contributed by atoms with Crippen molar-refractivity contribution in [2.75, 3.05) is 18.2 Å². The Morgan fingerprint density at radius 1 is 1.05 bits per heavy atom. The third kappa shape index (κ3) is 4.89. The molecule has 5 rings (SSSR count). The van der Waals surface area contributed by atoms with Crippen molar-refractivity contribution >= 4 is 29.7 Å². The minimum absolute atomic E-state index is 0.0329. The Morgan fingerprint density at radius 3 is 2.59 bits per heavy atom. The van der Waals surface area contributed by atoms with Crippen molar-refractivity contribution in [3.63, 3.8) is 0 Å². The molecule has 4 heterocycles. The number of fused-ring (bicyclic) bond motifs is 4. The van der Waals surface area contributed by atoms with Gasteiger partial charge in [-0.25, -0.2) is 14.4 Å². The zero-order chi connectivity index (χ0) is 26.3. The SMILES string of the molecule is Cc1ccccc1C1CCOC(CN2OC(=O)CC3(O)CC(=O)OC(=O)c4nc(nc2c4C)OC3=O)C1. The highest BCUT2D eigenvalue weighted by atomic mass is 16.7. The summed E-state index contributed by atoms with van der Waals surface area (Å²) in [4.78, 5) is 64.1. The lowest BCUT2D eigenvalue weighted by molar-refractivity contribution is -0.171. The molecule has 12 heteroatoms. The molecular weight excluding hydrogens is 486 g/mol. The molecule has 1 fully saturated rings. The number of rotatable bonds is 3. The van der Waals surface area contributed by atoms with Gasteiger partial charge in [0.05, 0.1) is 25.5 Å². The molecule has 3 atom stereocenters. The number of aromatic nitrogens is 2. The van der Waals surface area contributed by atoms with E-state index in [9.17, 15) is 24.3 Å². The topological polar surface area (TPSA) is 154 Å². The van der Waals surface area contributed by atoms with Crippen LogP contribution in [0.15, 0.2) is 24.3 Å². The van der Waals surface area contributed by atoms with E-state index in [1.807, 2.05) is 12.1 Å². The second-order valence-corrected chi connectivity index (χ2v) is 9.43. The predicted molar refractivity (Wildman–Crippen MR) is 123 cm³/mol. The van der Waals surface area contributed by atoms with Crippen LogP contribution in [0.25, 0.3) is 0 Å². The number of nitrogens with zero attached hydrogens (tertiary/aromatic N) is 3. The highest BCUT2D eigenvalue weighted by Crippen LogP contribution is 2.34. The van der Waals surface area contributed by atoms with Crippen molar-refractivity contribution in [2.24, 2.45) is 0 Å². The molecule has 0 radical (unpaired) electrons. The van der Waals surface area contributed by atoms with E-state index in [1.165, 1.54) is 18.1 Å². The summed E-state index contributed by atoms with van der Waals surface area (Å²) in [6.45, 7) is 4.05. The Bertz CT molecular complexity index is 1300. The summed E-state index contributed by atoms with van der Waals surface area (Å²) >= 11 is 0. The van der Waals surface area contributed by atoms with Gasteiger partial charge in [-0.05, 0) is 43.7 Å². The molecule has 0 spiro atoms. The van der Waals surface area contributed by atoms with Gasteiger partial charge in [-0.2, -0.15) is 15.0 Å². The first-order valence-corrected chi connectivity index (χ1v) is 11.9. The Balaban J connectivity index is 1.52. The number of carbonyl (C=O) groups excluding carboxylic acids is 4. The fraction of sp³-hybridized carbons (Fsp3) is 0.440. The number of ether oxygens (including phenoxy) is 3. The molecule has 0 aliphatic carbocycles. The fourth-order valence-corrected chi connectivity index (χ4v) is 4.86. The highest BCUT2D eigenvalue weighted by molar-refractivity contribution is 6.00. The summed E-state index contributed by atoms with van der Waals surface area (Å²) in [5.74, 6) is -4.54. The lowest BCUT2D eigenvalue weighted by atomic mass is 9.86. The normalized spacial score (nSPS) is 26.1. The van der Waals surface area contributed by atoms with Crippen molar-refractivity contribution < 1.29 is 43.3 Å². The van der Waals surface area contributed by atoms with E-state index in [1.54, 1.807) is 0 Å². The van der Waals surface area contributed by atoms with Gasteiger partial charge in [0.2, 0.25) is 0 Å². The molecule has 1 N–H and O–H groups in total. The van der Waals surface area contributed by atoms with Crippen LogP contribution in [0, 0.1) is 13.8 Å². The predicted octanol–water partition coefficient (Wildman–Crippen LogP) is 1.45. The van der Waals surface area contributed by atoms with Crippen LogP contribution in [0.3, 0.4) is 0 Å². The van der Waals surface area contributed by atoms with Gasteiger partial charge >= 0.3 is 29.9 Å². The highest BCUT2D eigenvalue weighted by Gasteiger charge is 2.47. The third-order valence-electron chi connectivity index (χ3n) is 6.75. The molecule has 0 amide bonds. The van der Waals surface area contributed by atoms with Gasteiger partial charge in [-0.15, -0.1) is 0 Å². The average molecular weight is 511 g/mol. The van der Waals surface area contributed by atoms with Crippen molar-refractivity contribution in [1.29, 1.82) is 0 Å². The number of hydroxylamine groups is 1. The van der Waals surface area contributed by atoms with E-state index in [0.717, 1.165) is 11.5 Å². The quantitative estimate of drug-likeness (QED) is 0.468. The first-order valence-electron chi connectivity index (χ1n) is 11.9. The van der Waals surface area contributed by atoms with Crippen molar-refractivity contribution in [1.82, 2.24) is 9.97 Å². The summed E-state index contributed by atoms with van der Waals surface area (Å²) < 4.78 is 15.9. The standard InChI is InChI=1S/C25H25N3O9/c1-13-5-3-4-6-17(13)15-7-8-34-16(9-15)12-28-21-14(2)20-22(31)35-18(29)10-25(33,11-19(30)37-28)23(32)36-24(26-20)27-21/h3-6,15-16,33H,7-12H2,1-2H3. The van der Waals surface area contributed by atoms with Gasteiger partial charge < -0.3 is 24.2 Å². The van der Waals surface area contributed by atoms with E-state index in [0.29, 0.717) is 13.0 Å². The molecule has 1 aromatic carbocycles. The molecule has 0 saturated carbocycles. The number of cyclic esters (lactones) is 2. The number of hydrogen-bond donors (Lipinski definition) is 1. The van der Waals surface area contributed by atoms with E-state index in [4.69, 9.17) is 19.0 Å². The van der Waals surface area contributed by atoms with E-state index >= 15 is 0 Å². The summed E-state index contributed by atoms with van der Waals surface area (Å²) in [6.07, 6.45) is -0.882. The minimum Gasteiger partial charge on any atom is -0.389 e. The van der Waals surface area contributed by atoms with Crippen molar-refractivity contribution in [3.05, 3.63) is 46.6 Å². The Kier molecular flexibility index (Phi) is 6.38. The first-order chi connectivity index (χ1) is 17.6. The number of aryl methyl sites for hydroxylation is 1. The van der Waals surface area contributed by atoms with Crippen molar-refractivity contribution in [3.8, 4) is 6.01 Å². The zero-order valence-corrected chi connectivity index (χ0v) is 20.3.